The lowest BCUT2D eigenvalue weighted by Crippen LogP contribution is -2.25. The van der Waals surface area contributed by atoms with E-state index in [9.17, 15) is 9.18 Å². The van der Waals surface area contributed by atoms with Gasteiger partial charge in [-0.3, -0.25) is 4.79 Å². The lowest BCUT2D eigenvalue weighted by Gasteiger charge is -2.11. The molecule has 0 fully saturated rings. The summed E-state index contributed by atoms with van der Waals surface area (Å²) < 4.78 is 13.9. The number of aryl methyl sites for hydroxylation is 2. The van der Waals surface area contributed by atoms with Crippen molar-refractivity contribution >= 4 is 11.6 Å². The molecule has 1 heterocycles. The van der Waals surface area contributed by atoms with Crippen molar-refractivity contribution in [3.63, 3.8) is 0 Å². The quantitative estimate of drug-likeness (QED) is 0.673. The molecule has 1 aromatic carbocycles. The van der Waals surface area contributed by atoms with E-state index in [2.05, 4.69) is 5.32 Å². The van der Waals surface area contributed by atoms with Crippen LogP contribution in [0.15, 0.2) is 12.1 Å². The number of hydrogen-bond donors (Lipinski definition) is 1. The van der Waals surface area contributed by atoms with Crippen molar-refractivity contribution < 1.29 is 9.18 Å². The number of benzene rings is 1. The minimum absolute atomic E-state index is 0.450. The molecule has 1 aliphatic heterocycles. The number of nitrogens with one attached hydrogen (secondary N) is 1. The monoisotopic (exact) mass is 193 g/mol. The molecule has 74 valence electrons. The van der Waals surface area contributed by atoms with Crippen LogP contribution < -0.4 is 5.32 Å². The Morgan fingerprint density at radius 1 is 1.29 bits per heavy atom. The van der Waals surface area contributed by atoms with Gasteiger partial charge >= 0.3 is 0 Å². The van der Waals surface area contributed by atoms with Crippen LogP contribution in [0.25, 0.3) is 0 Å². The zero-order chi connectivity index (χ0) is 10.5. The van der Waals surface area contributed by atoms with E-state index in [1.807, 2.05) is 19.9 Å². The van der Waals surface area contributed by atoms with E-state index in [4.69, 9.17) is 0 Å². The highest BCUT2D eigenvalue weighted by Crippen LogP contribution is 2.39. The van der Waals surface area contributed by atoms with Gasteiger partial charge in [-0.2, -0.15) is 0 Å². The van der Waals surface area contributed by atoms with Gasteiger partial charge in [-0.1, -0.05) is 6.07 Å². The molecule has 2 nitrogen and oxygen atoms in total. The largest absolute Gasteiger partial charge is 0.323 e. The van der Waals surface area contributed by atoms with Crippen molar-refractivity contribution in [1.82, 2.24) is 0 Å². The Kier molecular flexibility index (Phi) is 1.68. The fourth-order valence-electron chi connectivity index (χ4n) is 1.67. The van der Waals surface area contributed by atoms with Gasteiger partial charge in [0, 0.05) is 11.3 Å². The molecule has 0 radical (unpaired) electrons. The molecule has 2 rings (SSSR count). The van der Waals surface area contributed by atoms with Gasteiger partial charge in [0.15, 0.2) is 0 Å². The van der Waals surface area contributed by atoms with Crippen LogP contribution in [0.4, 0.5) is 10.1 Å². The normalized spacial score (nSPS) is 24.7. The van der Waals surface area contributed by atoms with Crippen molar-refractivity contribution in [3.05, 3.63) is 28.8 Å². The highest BCUT2D eigenvalue weighted by atomic mass is 19.1. The number of hydrogen-bond acceptors (Lipinski definition) is 1. The van der Waals surface area contributed by atoms with Gasteiger partial charge in [-0.15, -0.1) is 0 Å². The molecule has 1 amide bonds. The summed E-state index contributed by atoms with van der Waals surface area (Å²) in [6, 6.07) is 3.55. The molecule has 1 N–H and O–H groups in total. The SMILES string of the molecule is Cc1cc2c(cc1C)C(C)(F)C(=O)N2. The first-order chi connectivity index (χ1) is 6.43. The number of amides is 1. The first kappa shape index (κ1) is 9.19. The molecule has 1 atom stereocenters. The standard InChI is InChI=1S/C11H12FNO/c1-6-4-8-9(5-7(6)2)13-10(14)11(8,3)12/h4-5H,1-3H3,(H,13,14). The average molecular weight is 193 g/mol. The number of halogens is 1. The zero-order valence-electron chi connectivity index (χ0n) is 8.44. The summed E-state index contributed by atoms with van der Waals surface area (Å²) in [5.41, 5.74) is 1.23. The minimum Gasteiger partial charge on any atom is -0.323 e. The van der Waals surface area contributed by atoms with Gasteiger partial charge in [0.2, 0.25) is 5.67 Å². The van der Waals surface area contributed by atoms with Gasteiger partial charge in [0.1, 0.15) is 0 Å². The molecule has 0 saturated carbocycles. The topological polar surface area (TPSA) is 29.1 Å². The summed E-state index contributed by atoms with van der Waals surface area (Å²) in [4.78, 5) is 11.3. The van der Waals surface area contributed by atoms with Crippen LogP contribution >= 0.6 is 0 Å². The predicted octanol–water partition coefficient (Wildman–Crippen LogP) is 2.44. The molecular formula is C11H12FNO. The summed E-state index contributed by atoms with van der Waals surface area (Å²) in [5.74, 6) is -0.572. The molecule has 14 heavy (non-hydrogen) atoms. The van der Waals surface area contributed by atoms with E-state index in [0.29, 0.717) is 11.3 Å². The van der Waals surface area contributed by atoms with Crippen molar-refractivity contribution in [2.75, 3.05) is 5.32 Å². The van der Waals surface area contributed by atoms with Crippen LogP contribution in [0.3, 0.4) is 0 Å². The van der Waals surface area contributed by atoms with E-state index in [1.54, 1.807) is 6.07 Å². The smallest absolute Gasteiger partial charge is 0.266 e. The van der Waals surface area contributed by atoms with Gasteiger partial charge in [-0.05, 0) is 38.0 Å². The Morgan fingerprint density at radius 2 is 1.86 bits per heavy atom. The van der Waals surface area contributed by atoms with Crippen molar-refractivity contribution in [2.24, 2.45) is 0 Å². The predicted molar refractivity (Wildman–Crippen MR) is 53.0 cm³/mol. The first-order valence-corrected chi connectivity index (χ1v) is 4.55. The Balaban J connectivity index is 2.67. The summed E-state index contributed by atoms with van der Waals surface area (Å²) >= 11 is 0. The Hall–Kier alpha value is -1.38. The molecule has 1 aliphatic rings. The summed E-state index contributed by atoms with van der Waals surface area (Å²) in [6.07, 6.45) is 0. The molecular weight excluding hydrogens is 181 g/mol. The number of anilines is 1. The summed E-state index contributed by atoms with van der Waals surface area (Å²) in [5, 5.41) is 2.54. The Morgan fingerprint density at radius 3 is 2.50 bits per heavy atom. The highest BCUT2D eigenvalue weighted by Gasteiger charge is 2.43. The maximum Gasteiger partial charge on any atom is 0.266 e. The lowest BCUT2D eigenvalue weighted by molar-refractivity contribution is -0.125. The molecule has 1 unspecified atom stereocenters. The van der Waals surface area contributed by atoms with E-state index < -0.39 is 11.6 Å². The van der Waals surface area contributed by atoms with E-state index in [0.717, 1.165) is 11.1 Å². The fraction of sp³-hybridized carbons (Fsp3) is 0.364. The maximum absolute atomic E-state index is 13.9. The second-order valence-corrected chi connectivity index (χ2v) is 3.94. The number of carbonyl (C=O) groups excluding carboxylic acids is 1. The van der Waals surface area contributed by atoms with E-state index in [-0.39, 0.29) is 0 Å². The maximum atomic E-state index is 13.9. The number of alkyl halides is 1. The van der Waals surface area contributed by atoms with E-state index >= 15 is 0 Å². The van der Waals surface area contributed by atoms with Gasteiger partial charge in [0.25, 0.3) is 5.91 Å². The number of rotatable bonds is 0. The van der Waals surface area contributed by atoms with Crippen LogP contribution in [0, 0.1) is 13.8 Å². The lowest BCUT2D eigenvalue weighted by atomic mass is 9.96. The van der Waals surface area contributed by atoms with Gasteiger partial charge in [-0.25, -0.2) is 4.39 Å². The van der Waals surface area contributed by atoms with Gasteiger partial charge < -0.3 is 5.32 Å². The summed E-state index contributed by atoms with van der Waals surface area (Å²) in [7, 11) is 0. The van der Waals surface area contributed by atoms with E-state index in [1.165, 1.54) is 6.92 Å². The van der Waals surface area contributed by atoms with Crippen LogP contribution in [0.5, 0.6) is 0 Å². The molecule has 1 aromatic rings. The number of fused-ring (bicyclic) bond motifs is 1. The molecule has 0 saturated heterocycles. The summed E-state index contributed by atoms with van der Waals surface area (Å²) in [6.45, 7) is 5.15. The molecule has 0 bridgehead atoms. The second kappa shape index (κ2) is 2.56. The fourth-order valence-corrected chi connectivity index (χ4v) is 1.67. The average Bonchev–Trinajstić information content (AvgIpc) is 2.28. The van der Waals surface area contributed by atoms with Gasteiger partial charge in [0.05, 0.1) is 0 Å². The third-order valence-electron chi connectivity index (χ3n) is 2.81. The molecule has 3 heteroatoms. The van der Waals surface area contributed by atoms with Crippen LogP contribution in [0.2, 0.25) is 0 Å². The zero-order valence-corrected chi connectivity index (χ0v) is 8.44. The minimum atomic E-state index is -1.88. The van der Waals surface area contributed by atoms with Crippen molar-refractivity contribution in [2.45, 2.75) is 26.4 Å². The Labute approximate surface area is 82.1 Å². The molecule has 0 spiro atoms. The van der Waals surface area contributed by atoms with Crippen molar-refractivity contribution in [1.29, 1.82) is 0 Å². The number of carbonyl (C=O) groups is 1. The van der Waals surface area contributed by atoms with Crippen LogP contribution in [-0.2, 0) is 10.5 Å². The Bertz CT molecular complexity index is 424. The highest BCUT2D eigenvalue weighted by molar-refractivity contribution is 6.04. The third-order valence-corrected chi connectivity index (χ3v) is 2.81. The molecule has 0 aliphatic carbocycles. The van der Waals surface area contributed by atoms with Crippen LogP contribution in [0.1, 0.15) is 23.6 Å². The van der Waals surface area contributed by atoms with Crippen molar-refractivity contribution in [3.8, 4) is 0 Å². The molecule has 0 aromatic heterocycles. The first-order valence-electron chi connectivity index (χ1n) is 4.55. The second-order valence-electron chi connectivity index (χ2n) is 3.94. The van der Waals surface area contributed by atoms with Crippen LogP contribution in [-0.4, -0.2) is 5.91 Å². The third kappa shape index (κ3) is 1.05.